The van der Waals surface area contributed by atoms with Gasteiger partial charge in [0, 0.05) is 38.8 Å². The van der Waals surface area contributed by atoms with Crippen molar-refractivity contribution < 1.29 is 9.72 Å². The molecular formula is C21H30N6O3. The molecule has 9 nitrogen and oxygen atoms in total. The van der Waals surface area contributed by atoms with E-state index < -0.39 is 6.04 Å². The van der Waals surface area contributed by atoms with Gasteiger partial charge in [-0.05, 0) is 38.3 Å². The van der Waals surface area contributed by atoms with E-state index in [1.54, 1.807) is 17.0 Å². The number of rotatable bonds is 8. The number of nitro groups is 1. The Kier molecular flexibility index (Phi) is 7.60. The van der Waals surface area contributed by atoms with Crippen molar-refractivity contribution in [3.05, 3.63) is 34.4 Å². The van der Waals surface area contributed by atoms with Gasteiger partial charge in [-0.15, -0.1) is 0 Å². The molecule has 162 valence electrons. The summed E-state index contributed by atoms with van der Waals surface area (Å²) in [5.41, 5.74) is 6.92. The minimum Gasteiger partial charge on any atom is -0.363 e. The third kappa shape index (κ3) is 5.26. The number of piperazine rings is 1. The summed E-state index contributed by atoms with van der Waals surface area (Å²) in [5.74, 6) is -0.0999. The average Bonchev–Trinajstić information content (AvgIpc) is 3.25. The molecule has 1 aromatic carbocycles. The number of carbonyl (C=O) groups is 1. The smallest absolute Gasteiger partial charge is 0.292 e. The molecule has 9 heteroatoms. The van der Waals surface area contributed by atoms with Crippen molar-refractivity contribution in [2.24, 2.45) is 5.73 Å². The first-order chi connectivity index (χ1) is 14.5. The molecule has 0 unspecified atom stereocenters. The number of para-hydroxylation sites is 2. The first kappa shape index (κ1) is 22.0. The van der Waals surface area contributed by atoms with Crippen LogP contribution in [-0.4, -0.2) is 72.0 Å². The fraction of sp³-hybridized carbons (Fsp3) is 0.619. The van der Waals surface area contributed by atoms with Gasteiger partial charge < -0.3 is 15.5 Å². The van der Waals surface area contributed by atoms with Gasteiger partial charge in [0.15, 0.2) is 0 Å². The van der Waals surface area contributed by atoms with Crippen LogP contribution in [0.5, 0.6) is 0 Å². The summed E-state index contributed by atoms with van der Waals surface area (Å²) < 4.78 is 0. The highest BCUT2D eigenvalue weighted by molar-refractivity contribution is 5.82. The van der Waals surface area contributed by atoms with Crippen LogP contribution < -0.4 is 10.6 Å². The highest BCUT2D eigenvalue weighted by atomic mass is 16.6. The Morgan fingerprint density at radius 3 is 2.67 bits per heavy atom. The van der Waals surface area contributed by atoms with Crippen LogP contribution in [-0.2, 0) is 4.79 Å². The maximum absolute atomic E-state index is 12.4. The van der Waals surface area contributed by atoms with E-state index in [0.29, 0.717) is 18.7 Å². The number of benzene rings is 1. The van der Waals surface area contributed by atoms with E-state index in [-0.39, 0.29) is 22.6 Å². The van der Waals surface area contributed by atoms with Crippen LogP contribution in [0.15, 0.2) is 24.3 Å². The zero-order chi connectivity index (χ0) is 21.5. The van der Waals surface area contributed by atoms with E-state index in [1.165, 1.54) is 0 Å². The minimum absolute atomic E-state index is 0.0999. The number of likely N-dealkylation sites (tertiary alicyclic amines) is 1. The van der Waals surface area contributed by atoms with Gasteiger partial charge >= 0.3 is 0 Å². The summed E-state index contributed by atoms with van der Waals surface area (Å²) in [5, 5.41) is 20.4. The number of nitrogens with two attached hydrogens (primary N) is 1. The van der Waals surface area contributed by atoms with Crippen LogP contribution >= 0.6 is 0 Å². The quantitative estimate of drug-likeness (QED) is 0.391. The number of hydrogen-bond donors (Lipinski definition) is 1. The lowest BCUT2D eigenvalue weighted by atomic mass is 10.1. The normalized spacial score (nSPS) is 20.7. The summed E-state index contributed by atoms with van der Waals surface area (Å²) >= 11 is 0. The maximum Gasteiger partial charge on any atom is 0.292 e. The number of amides is 1. The molecule has 1 aromatic rings. The van der Waals surface area contributed by atoms with Crippen molar-refractivity contribution >= 4 is 17.3 Å². The topological polar surface area (TPSA) is 120 Å². The maximum atomic E-state index is 12.4. The fourth-order valence-corrected chi connectivity index (χ4v) is 4.30. The van der Waals surface area contributed by atoms with Gasteiger partial charge in [-0.25, -0.2) is 0 Å². The highest BCUT2D eigenvalue weighted by Crippen LogP contribution is 2.28. The molecule has 2 atom stereocenters. The van der Waals surface area contributed by atoms with Gasteiger partial charge in [0.25, 0.3) is 5.69 Å². The zero-order valence-electron chi connectivity index (χ0n) is 17.3. The van der Waals surface area contributed by atoms with Crippen molar-refractivity contribution in [3.8, 4) is 6.07 Å². The standard InChI is InChI=1S/C21H30N6O3/c22-16-17-6-5-11-26(17)21(28)18(23)7-3-4-10-24-12-14-25(15-13-24)19-8-1-2-9-20(19)27(29)30/h1-2,8-9,17-18H,3-7,10-15,23H2/t17-,18-/m0/s1. The third-order valence-electron chi connectivity index (χ3n) is 6.03. The van der Waals surface area contributed by atoms with Crippen molar-refractivity contribution in [2.75, 3.05) is 44.2 Å². The summed E-state index contributed by atoms with van der Waals surface area (Å²) in [6.07, 6.45) is 4.06. The lowest BCUT2D eigenvalue weighted by Crippen LogP contribution is -2.47. The molecule has 2 saturated heterocycles. The van der Waals surface area contributed by atoms with Gasteiger partial charge in [0.2, 0.25) is 5.91 Å². The van der Waals surface area contributed by atoms with Crippen LogP contribution in [0.4, 0.5) is 11.4 Å². The van der Waals surface area contributed by atoms with Crippen molar-refractivity contribution in [2.45, 2.75) is 44.2 Å². The first-order valence-electron chi connectivity index (χ1n) is 10.7. The number of carbonyl (C=O) groups excluding carboxylic acids is 1. The van der Waals surface area contributed by atoms with Crippen LogP contribution in [0.1, 0.15) is 32.1 Å². The summed E-state index contributed by atoms with van der Waals surface area (Å²) in [7, 11) is 0. The second kappa shape index (κ2) is 10.4. The lowest BCUT2D eigenvalue weighted by molar-refractivity contribution is -0.384. The molecule has 1 amide bonds. The van der Waals surface area contributed by atoms with Crippen molar-refractivity contribution in [1.82, 2.24) is 9.80 Å². The van der Waals surface area contributed by atoms with Gasteiger partial charge in [0.05, 0.1) is 17.0 Å². The van der Waals surface area contributed by atoms with Crippen LogP contribution in [0.25, 0.3) is 0 Å². The number of nitrogens with zero attached hydrogens (tertiary/aromatic N) is 5. The predicted molar refractivity (Wildman–Crippen MR) is 114 cm³/mol. The van der Waals surface area contributed by atoms with Crippen molar-refractivity contribution in [1.29, 1.82) is 5.26 Å². The van der Waals surface area contributed by atoms with Gasteiger partial charge in [0.1, 0.15) is 11.7 Å². The second-order valence-corrected chi connectivity index (χ2v) is 8.00. The number of nitro benzene ring substituents is 1. The Hall–Kier alpha value is -2.70. The van der Waals surface area contributed by atoms with E-state index in [2.05, 4.69) is 15.9 Å². The summed E-state index contributed by atoms with van der Waals surface area (Å²) in [6, 6.07) is 8.22. The van der Waals surface area contributed by atoms with Crippen molar-refractivity contribution in [3.63, 3.8) is 0 Å². The van der Waals surface area contributed by atoms with E-state index >= 15 is 0 Å². The lowest BCUT2D eigenvalue weighted by Gasteiger charge is -2.35. The molecule has 30 heavy (non-hydrogen) atoms. The fourth-order valence-electron chi connectivity index (χ4n) is 4.30. The van der Waals surface area contributed by atoms with Gasteiger partial charge in [-0.1, -0.05) is 18.6 Å². The Labute approximate surface area is 177 Å². The highest BCUT2D eigenvalue weighted by Gasteiger charge is 2.31. The number of anilines is 1. The minimum atomic E-state index is -0.533. The van der Waals surface area contributed by atoms with Gasteiger partial charge in [-0.3, -0.25) is 19.8 Å². The molecule has 0 spiro atoms. The van der Waals surface area contributed by atoms with Crippen LogP contribution in [0, 0.1) is 21.4 Å². The van der Waals surface area contributed by atoms with E-state index in [0.717, 1.165) is 58.4 Å². The largest absolute Gasteiger partial charge is 0.363 e. The molecule has 2 aliphatic heterocycles. The predicted octanol–water partition coefficient (Wildman–Crippen LogP) is 1.73. The Morgan fingerprint density at radius 1 is 1.23 bits per heavy atom. The van der Waals surface area contributed by atoms with E-state index in [4.69, 9.17) is 11.0 Å². The molecule has 0 aromatic heterocycles. The molecule has 0 aliphatic carbocycles. The Balaban J connectivity index is 1.37. The molecule has 0 bridgehead atoms. The number of hydrogen-bond acceptors (Lipinski definition) is 7. The Bertz CT molecular complexity index is 787. The molecule has 2 N–H and O–H groups in total. The molecule has 0 radical (unpaired) electrons. The van der Waals surface area contributed by atoms with E-state index in [9.17, 15) is 14.9 Å². The number of unbranched alkanes of at least 4 members (excludes halogenated alkanes) is 1. The summed E-state index contributed by atoms with van der Waals surface area (Å²) in [4.78, 5) is 29.4. The Morgan fingerprint density at radius 2 is 1.97 bits per heavy atom. The molecule has 2 heterocycles. The number of nitriles is 1. The van der Waals surface area contributed by atoms with E-state index in [1.807, 2.05) is 12.1 Å². The first-order valence-corrected chi connectivity index (χ1v) is 10.7. The molecule has 3 rings (SSSR count). The third-order valence-corrected chi connectivity index (χ3v) is 6.03. The SMILES string of the molecule is N#C[C@@H]1CCCN1C(=O)[C@@H](N)CCCCN1CCN(c2ccccc2[N+](=O)[O-])CC1. The monoisotopic (exact) mass is 414 g/mol. The second-order valence-electron chi connectivity index (χ2n) is 8.00. The van der Waals surface area contributed by atoms with Crippen LogP contribution in [0.3, 0.4) is 0 Å². The van der Waals surface area contributed by atoms with Crippen LogP contribution in [0.2, 0.25) is 0 Å². The average molecular weight is 415 g/mol. The molecular weight excluding hydrogens is 384 g/mol. The molecule has 2 fully saturated rings. The molecule has 0 saturated carbocycles. The van der Waals surface area contributed by atoms with Gasteiger partial charge in [-0.2, -0.15) is 5.26 Å². The summed E-state index contributed by atoms with van der Waals surface area (Å²) in [6.45, 7) is 4.79. The molecule has 2 aliphatic rings. The zero-order valence-corrected chi connectivity index (χ0v) is 17.3.